The third-order valence-corrected chi connectivity index (χ3v) is 134. The molecule has 45 heteroatoms. The summed E-state index contributed by atoms with van der Waals surface area (Å²) in [6.45, 7) is 0. The predicted molar refractivity (Wildman–Crippen MR) is 308 cm³/mol. The normalized spacial score (nSPS) is 15.2. The Morgan fingerprint density at radius 2 is 0.289 bits per heavy atom. The first-order valence-corrected chi connectivity index (χ1v) is 78.2. The molecule has 0 atom stereocenters. The zero-order valence-corrected chi connectivity index (χ0v) is 59.6. The summed E-state index contributed by atoms with van der Waals surface area (Å²) in [4.78, 5) is 0. The molecule has 0 bridgehead atoms. The maximum absolute atomic E-state index is 8.73. The van der Waals surface area contributed by atoms with Gasteiger partial charge < -0.3 is 0 Å². The van der Waals surface area contributed by atoms with Gasteiger partial charge in [-0.2, -0.15) is 0 Å². The van der Waals surface area contributed by atoms with Gasteiger partial charge in [-0.15, -0.1) is 0 Å². The third kappa shape index (κ3) is 57.0. The zero-order chi connectivity index (χ0) is 32.4. The van der Waals surface area contributed by atoms with Crippen molar-refractivity contribution >= 4 is 333 Å². The van der Waals surface area contributed by atoms with E-state index in [2.05, 4.69) is 8.53 Å². The fourth-order valence-corrected chi connectivity index (χ4v) is 176. The Balaban J connectivity index is 4.04. The number of hydrogen-bond acceptors (Lipinski definition) is 1. The second kappa shape index (κ2) is 57.0. The van der Waals surface area contributed by atoms with E-state index in [1.54, 1.807) is 257 Å². The number of hydrogen-bond donors (Lipinski definition) is 0. The Bertz CT molecular complexity index is 1480. The van der Waals surface area contributed by atoms with Crippen LogP contribution in [0.5, 0.6) is 0 Å². The van der Waals surface area contributed by atoms with Crippen molar-refractivity contribution in [3.8, 4) is 0 Å². The number of rotatable bonds is 21. The van der Waals surface area contributed by atoms with Crippen LogP contribution in [0, 0.1) is 5.00 Å². The molecule has 0 saturated heterocycles. The van der Waals surface area contributed by atoms with Crippen molar-refractivity contribution in [2.75, 3.05) is 0 Å². The quantitative estimate of drug-likeness (QED) is 0.105. The zero-order valence-electron chi connectivity index (χ0n) is 20.2. The van der Waals surface area contributed by atoms with Gasteiger partial charge in [0, 0.05) is 166 Å². The molecule has 0 N–H and O–H groups in total. The van der Waals surface area contributed by atoms with Gasteiger partial charge in [0.2, 0.25) is 0 Å². The molecule has 0 radical (unpaired) electrons. The molecule has 45 heavy (non-hydrogen) atoms. The maximum atomic E-state index is 8.73. The van der Waals surface area contributed by atoms with Crippen molar-refractivity contribution in [3.05, 3.63) is 0 Å². The van der Waals surface area contributed by atoms with Gasteiger partial charge in [0.1, 0.15) is 0 Å². The Morgan fingerprint density at radius 3 is 0.400 bits per heavy atom. The van der Waals surface area contributed by atoms with E-state index in [0.29, 0.717) is 7.50 Å². The van der Waals surface area contributed by atoms with E-state index in [4.69, 9.17) is 5.00 Å². The molecule has 0 aromatic carbocycles. The van der Waals surface area contributed by atoms with Crippen LogP contribution in [-0.2, 0) is 0 Å². The molecule has 0 spiro atoms. The van der Waals surface area contributed by atoms with Crippen LogP contribution in [0.25, 0.3) is 0 Å². The summed E-state index contributed by atoms with van der Waals surface area (Å²) >= 11 is 0. The molecule has 0 fully saturated rings. The van der Waals surface area contributed by atoms with Crippen LogP contribution in [-0.4, -0.2) is 0 Å². The fourth-order valence-electron chi connectivity index (χ4n) is 0.736. The van der Waals surface area contributed by atoms with Crippen LogP contribution >= 0.6 is 333 Å². The Labute approximate surface area is 333 Å². The molecule has 0 rings (SSSR count). The second-order valence-corrected chi connectivity index (χ2v) is 103. The van der Waals surface area contributed by atoms with Crippen LogP contribution in [0.2, 0.25) is 0 Å². The van der Waals surface area contributed by atoms with E-state index in [1.165, 1.54) is 52.9 Å². The molecule has 0 heterocycles. The first kappa shape index (κ1) is 58.0. The predicted octanol–water partition coefficient (Wildman–Crippen LogP) is 37.6. The van der Waals surface area contributed by atoms with Crippen molar-refractivity contribution in [1.82, 2.24) is 0 Å². The minimum Gasteiger partial charge on any atom is -0.0835 e. The molecule has 0 aromatic heterocycles. The Kier molecular flexibility index (Phi) is 73.6. The van der Waals surface area contributed by atoms with Gasteiger partial charge in [-0.25, -0.2) is 0 Å². The molecule has 0 amide bonds. The van der Waals surface area contributed by atoms with Gasteiger partial charge >= 0.3 is 103 Å². The standard InChI is InChI=1S/HNP44/c1-3-5-7-9-11-13-15-17-19-21-23-25-27-29-31-33-35-37-39-41-43-45-44-42-40-38-36-34-32-30-28-26-24-22-20-18-16-14-12-10-8-6-4-2/h2H. The fraction of sp³-hybridized carbons (Fsp3) is 0. The first-order valence-electron chi connectivity index (χ1n) is 8.82. The van der Waals surface area contributed by atoms with E-state index in [-0.39, 0.29) is 0 Å². The van der Waals surface area contributed by atoms with Gasteiger partial charge in [0.15, 0.2) is 0 Å². The summed E-state index contributed by atoms with van der Waals surface area (Å²) in [5.74, 6) is 0. The average Bonchev–Trinajstić information content (AvgIpc) is 3.05. The van der Waals surface area contributed by atoms with Gasteiger partial charge in [-0.05, 0) is 60.4 Å². The molecule has 0 aliphatic carbocycles. The molecule has 226 valence electrons. The summed E-state index contributed by atoms with van der Waals surface area (Å²) in [7, 11) is 69.3. The minimum atomic E-state index is 0.513. The van der Waals surface area contributed by atoms with Crippen molar-refractivity contribution < 1.29 is 0 Å². The second-order valence-electron chi connectivity index (χ2n) is 3.86. The van der Waals surface area contributed by atoms with E-state index < -0.39 is 0 Å². The molecule has 0 saturated carbocycles. The molecule has 0 aliphatic rings. The Hall–Kier alpha value is 13.0. The summed E-state index contributed by atoms with van der Waals surface area (Å²) < 4.78 is 0. The first-order chi connectivity index (χ1) is 22.4. The summed E-state index contributed by atoms with van der Waals surface area (Å²) in [6.07, 6.45) is 0. The minimum absolute atomic E-state index is 0.513. The summed E-state index contributed by atoms with van der Waals surface area (Å²) in [5, 5.41) is 8.73. The SMILES string of the molecule is N#P=P\P=P/P=P\P=P/P=P\P=P/P=P\P=P/P=P\P=P/P=P\P=P/P=P\P=P/P=P\P=P/P=P\P=P/P=P\P=P/P=P\P=P. The van der Waals surface area contributed by atoms with E-state index in [9.17, 15) is 0 Å². The van der Waals surface area contributed by atoms with Crippen LogP contribution in [0.15, 0.2) is 0 Å². The molecule has 0 aromatic rings. The van der Waals surface area contributed by atoms with E-state index >= 15 is 0 Å². The molecule has 0 unspecified atom stereocenters. The molecule has 0 aliphatic heterocycles. The van der Waals surface area contributed by atoms with Gasteiger partial charge in [0.25, 0.3) is 0 Å². The van der Waals surface area contributed by atoms with Crippen molar-refractivity contribution in [2.45, 2.75) is 0 Å². The van der Waals surface area contributed by atoms with Crippen LogP contribution in [0.4, 0.5) is 0 Å². The summed E-state index contributed by atoms with van der Waals surface area (Å²) in [6, 6.07) is 0. The monoisotopic (exact) mass is 1380 g/mol. The van der Waals surface area contributed by atoms with Crippen molar-refractivity contribution in [1.29, 1.82) is 5.00 Å². The van der Waals surface area contributed by atoms with Crippen molar-refractivity contribution in [3.63, 3.8) is 0 Å². The number of nitrogens with zero attached hydrogens (tertiary/aromatic N) is 1. The van der Waals surface area contributed by atoms with Crippen LogP contribution in [0.3, 0.4) is 0 Å². The molecular weight excluding hydrogens is 1380 g/mol. The van der Waals surface area contributed by atoms with E-state index in [0.717, 1.165) is 7.56 Å². The van der Waals surface area contributed by atoms with Crippen LogP contribution in [0.1, 0.15) is 0 Å². The Morgan fingerprint density at radius 1 is 0.178 bits per heavy atom. The topological polar surface area (TPSA) is 23.8 Å². The van der Waals surface area contributed by atoms with Crippen molar-refractivity contribution in [2.24, 2.45) is 0 Å². The third-order valence-electron chi connectivity index (χ3n) is 1.68. The molecular formula is HNP44. The summed E-state index contributed by atoms with van der Waals surface area (Å²) in [5.41, 5.74) is 0. The van der Waals surface area contributed by atoms with Gasteiger partial charge in [-0.1, -0.05) is 8.53 Å². The van der Waals surface area contributed by atoms with Gasteiger partial charge in [0.05, 0.1) is 0 Å². The van der Waals surface area contributed by atoms with Crippen LogP contribution < -0.4 is 0 Å². The smallest absolute Gasteiger partial charge is 0.0835 e. The van der Waals surface area contributed by atoms with Gasteiger partial charge in [-0.3, -0.25) is 0 Å². The average molecular weight is 1380 g/mol. The molecule has 1 nitrogen and oxygen atoms in total. The van der Waals surface area contributed by atoms with E-state index in [1.807, 2.05) is 0 Å².